The quantitative estimate of drug-likeness (QED) is 0.813. The molecule has 0 saturated carbocycles. The minimum Gasteiger partial charge on any atom is -0.376 e. The molecule has 0 aromatic heterocycles. The first kappa shape index (κ1) is 17.2. The van der Waals surface area contributed by atoms with E-state index in [0.717, 1.165) is 12.8 Å². The predicted molar refractivity (Wildman–Crippen MR) is 83.2 cm³/mol. The Labute approximate surface area is 135 Å². The molecule has 122 valence electrons. The highest BCUT2D eigenvalue weighted by molar-refractivity contribution is 7.89. The molecule has 0 spiro atoms. The number of ether oxygens (including phenoxy) is 1. The number of rotatable bonds is 6. The molecule has 1 aliphatic heterocycles. The molecule has 2 N–H and O–H groups in total. The molecule has 1 fully saturated rings. The fourth-order valence-corrected chi connectivity index (χ4v) is 3.47. The number of amides is 1. The fourth-order valence-electron chi connectivity index (χ4n) is 2.14. The van der Waals surface area contributed by atoms with Gasteiger partial charge in [0, 0.05) is 18.2 Å². The van der Waals surface area contributed by atoms with E-state index in [1.54, 1.807) is 0 Å². The van der Waals surface area contributed by atoms with Gasteiger partial charge in [-0.3, -0.25) is 4.79 Å². The average molecular weight is 347 g/mol. The molecule has 1 aliphatic rings. The van der Waals surface area contributed by atoms with Crippen molar-refractivity contribution in [2.75, 3.05) is 13.2 Å². The highest BCUT2D eigenvalue weighted by Crippen LogP contribution is 2.14. The van der Waals surface area contributed by atoms with Crippen LogP contribution in [0.25, 0.3) is 0 Å². The summed E-state index contributed by atoms with van der Waals surface area (Å²) < 4.78 is 32.1. The summed E-state index contributed by atoms with van der Waals surface area (Å²) in [5.74, 6) is -0.381. The van der Waals surface area contributed by atoms with Gasteiger partial charge >= 0.3 is 0 Å². The van der Waals surface area contributed by atoms with E-state index >= 15 is 0 Å². The molecule has 2 rings (SSSR count). The van der Waals surface area contributed by atoms with Crippen LogP contribution in [0.5, 0.6) is 0 Å². The van der Waals surface area contributed by atoms with Gasteiger partial charge in [-0.1, -0.05) is 11.6 Å². The maximum atomic E-state index is 12.2. The highest BCUT2D eigenvalue weighted by atomic mass is 35.5. The van der Waals surface area contributed by atoms with Gasteiger partial charge in [-0.05, 0) is 44.0 Å². The standard InChI is InChI=1S/C14H19ClN2O4S/c1-10(14(18)16-9-12-3-2-8-21-12)17-22(19,20)13-6-4-11(15)5-7-13/h4-7,10,12,17H,2-3,8-9H2,1H3,(H,16,18)/t10-,12+/m0/s1. The van der Waals surface area contributed by atoms with E-state index in [9.17, 15) is 13.2 Å². The highest BCUT2D eigenvalue weighted by Gasteiger charge is 2.23. The van der Waals surface area contributed by atoms with Crippen LogP contribution in [0, 0.1) is 0 Å². The molecular weight excluding hydrogens is 328 g/mol. The van der Waals surface area contributed by atoms with Gasteiger partial charge in [-0.25, -0.2) is 8.42 Å². The van der Waals surface area contributed by atoms with Crippen molar-refractivity contribution in [2.45, 2.75) is 36.8 Å². The lowest BCUT2D eigenvalue weighted by atomic mass is 10.2. The van der Waals surface area contributed by atoms with Crippen LogP contribution >= 0.6 is 11.6 Å². The lowest BCUT2D eigenvalue weighted by molar-refractivity contribution is -0.122. The zero-order valence-electron chi connectivity index (χ0n) is 12.2. The molecule has 1 amide bonds. The van der Waals surface area contributed by atoms with Crippen molar-refractivity contribution in [1.29, 1.82) is 0 Å². The van der Waals surface area contributed by atoms with Gasteiger partial charge < -0.3 is 10.1 Å². The first-order valence-corrected chi connectivity index (χ1v) is 8.92. The number of hydrogen-bond acceptors (Lipinski definition) is 4. The number of nitrogens with one attached hydrogen (secondary N) is 2. The lowest BCUT2D eigenvalue weighted by Gasteiger charge is -2.16. The summed E-state index contributed by atoms with van der Waals surface area (Å²) in [5, 5.41) is 3.14. The summed E-state index contributed by atoms with van der Waals surface area (Å²) in [5.41, 5.74) is 0. The van der Waals surface area contributed by atoms with Crippen molar-refractivity contribution >= 4 is 27.5 Å². The average Bonchev–Trinajstić information content (AvgIpc) is 2.98. The third kappa shape index (κ3) is 4.67. The van der Waals surface area contributed by atoms with Crippen LogP contribution in [0.1, 0.15) is 19.8 Å². The van der Waals surface area contributed by atoms with Crippen LogP contribution in [-0.2, 0) is 19.6 Å². The molecule has 8 heteroatoms. The molecule has 0 radical (unpaired) electrons. The van der Waals surface area contributed by atoms with Crippen molar-refractivity contribution in [3.63, 3.8) is 0 Å². The van der Waals surface area contributed by atoms with E-state index in [1.165, 1.54) is 31.2 Å². The molecule has 1 aromatic rings. The lowest BCUT2D eigenvalue weighted by Crippen LogP contribution is -2.46. The van der Waals surface area contributed by atoms with E-state index in [1.807, 2.05) is 0 Å². The number of carbonyl (C=O) groups is 1. The van der Waals surface area contributed by atoms with Crippen LogP contribution in [-0.4, -0.2) is 39.6 Å². The largest absolute Gasteiger partial charge is 0.376 e. The first-order valence-electron chi connectivity index (χ1n) is 7.06. The van der Waals surface area contributed by atoms with Gasteiger partial charge in [0.05, 0.1) is 17.0 Å². The smallest absolute Gasteiger partial charge is 0.241 e. The van der Waals surface area contributed by atoms with Crippen molar-refractivity contribution in [1.82, 2.24) is 10.0 Å². The Morgan fingerprint density at radius 2 is 2.09 bits per heavy atom. The second kappa shape index (κ2) is 7.41. The minimum atomic E-state index is -3.76. The molecule has 2 atom stereocenters. The molecule has 1 heterocycles. The fraction of sp³-hybridized carbons (Fsp3) is 0.500. The number of halogens is 1. The molecule has 6 nitrogen and oxygen atoms in total. The molecule has 1 saturated heterocycles. The van der Waals surface area contributed by atoms with Crippen LogP contribution in [0.3, 0.4) is 0 Å². The topological polar surface area (TPSA) is 84.5 Å². The summed E-state index contributed by atoms with van der Waals surface area (Å²) in [7, 11) is -3.76. The molecular formula is C14H19ClN2O4S. The van der Waals surface area contributed by atoms with Gasteiger partial charge in [0.25, 0.3) is 0 Å². The third-order valence-electron chi connectivity index (χ3n) is 3.38. The van der Waals surface area contributed by atoms with Gasteiger partial charge in [-0.15, -0.1) is 0 Å². The molecule has 22 heavy (non-hydrogen) atoms. The van der Waals surface area contributed by atoms with E-state index in [-0.39, 0.29) is 16.9 Å². The van der Waals surface area contributed by atoms with E-state index in [2.05, 4.69) is 10.0 Å². The first-order chi connectivity index (χ1) is 10.4. The van der Waals surface area contributed by atoms with Gasteiger partial charge in [0.2, 0.25) is 15.9 Å². The Kier molecular flexibility index (Phi) is 5.80. The van der Waals surface area contributed by atoms with Crippen LogP contribution in [0.2, 0.25) is 5.02 Å². The molecule has 0 aliphatic carbocycles. The van der Waals surface area contributed by atoms with Gasteiger partial charge in [0.1, 0.15) is 0 Å². The summed E-state index contributed by atoms with van der Waals surface area (Å²) in [6.45, 7) is 2.60. The Morgan fingerprint density at radius 3 is 2.68 bits per heavy atom. The normalized spacial score (nSPS) is 19.8. The van der Waals surface area contributed by atoms with Crippen LogP contribution in [0.4, 0.5) is 0 Å². The summed E-state index contributed by atoms with van der Waals surface area (Å²) >= 11 is 5.73. The minimum absolute atomic E-state index is 0.0176. The van der Waals surface area contributed by atoms with E-state index < -0.39 is 16.1 Å². The van der Waals surface area contributed by atoms with E-state index in [0.29, 0.717) is 18.2 Å². The van der Waals surface area contributed by atoms with Crippen molar-refractivity contribution in [3.05, 3.63) is 29.3 Å². The number of sulfonamides is 1. The Morgan fingerprint density at radius 1 is 1.41 bits per heavy atom. The van der Waals surface area contributed by atoms with Crippen LogP contribution < -0.4 is 10.0 Å². The predicted octanol–water partition coefficient (Wildman–Crippen LogP) is 1.30. The Bertz CT molecular complexity index is 612. The zero-order chi connectivity index (χ0) is 16.2. The summed E-state index contributed by atoms with van der Waals surface area (Å²) in [4.78, 5) is 12.0. The van der Waals surface area contributed by atoms with Crippen molar-refractivity contribution in [3.8, 4) is 0 Å². The number of benzene rings is 1. The van der Waals surface area contributed by atoms with Crippen molar-refractivity contribution in [2.24, 2.45) is 0 Å². The number of carbonyl (C=O) groups excluding carboxylic acids is 1. The van der Waals surface area contributed by atoms with E-state index in [4.69, 9.17) is 16.3 Å². The van der Waals surface area contributed by atoms with Gasteiger partial charge in [-0.2, -0.15) is 4.72 Å². The molecule has 0 bridgehead atoms. The summed E-state index contributed by atoms with van der Waals surface area (Å²) in [6, 6.07) is 4.88. The second-order valence-electron chi connectivity index (χ2n) is 5.18. The SMILES string of the molecule is C[C@H](NS(=O)(=O)c1ccc(Cl)cc1)C(=O)NC[C@H]1CCCO1. The van der Waals surface area contributed by atoms with Gasteiger partial charge in [0.15, 0.2) is 0 Å². The van der Waals surface area contributed by atoms with Crippen molar-refractivity contribution < 1.29 is 17.9 Å². The third-order valence-corrected chi connectivity index (χ3v) is 5.19. The maximum Gasteiger partial charge on any atom is 0.241 e. The van der Waals surface area contributed by atoms with Crippen LogP contribution in [0.15, 0.2) is 29.2 Å². The maximum absolute atomic E-state index is 12.2. The molecule has 0 unspecified atom stereocenters. The molecule has 1 aromatic carbocycles. The second-order valence-corrected chi connectivity index (χ2v) is 7.33. The Balaban J connectivity index is 1.90. The summed E-state index contributed by atoms with van der Waals surface area (Å²) in [6.07, 6.45) is 1.91. The monoisotopic (exact) mass is 346 g/mol. The number of hydrogen-bond donors (Lipinski definition) is 2. The zero-order valence-corrected chi connectivity index (χ0v) is 13.8. The Hall–Kier alpha value is -1.15.